The number of rotatable bonds is 10. The zero-order valence-electron chi connectivity index (χ0n) is 12.5. The molecule has 0 amide bonds. The zero-order chi connectivity index (χ0) is 13.8. The highest BCUT2D eigenvalue weighted by Gasteiger charge is 2.13. The highest BCUT2D eigenvalue weighted by Crippen LogP contribution is 2.07. The van der Waals surface area contributed by atoms with Crippen LogP contribution in [0.1, 0.15) is 44.9 Å². The molecule has 3 N–H and O–H groups in total. The molecule has 0 saturated carbocycles. The Labute approximate surface area is 118 Å². The number of nitrogens with zero attached hydrogens (tertiary/aromatic N) is 2. The van der Waals surface area contributed by atoms with Crippen LogP contribution in [0.5, 0.6) is 0 Å². The molecule has 0 bridgehead atoms. The quantitative estimate of drug-likeness (QED) is 0.588. The average Bonchev–Trinajstić information content (AvgIpc) is 2.65. The van der Waals surface area contributed by atoms with Gasteiger partial charge in [0, 0.05) is 19.7 Å². The van der Waals surface area contributed by atoms with Crippen LogP contribution in [0.15, 0.2) is 0 Å². The van der Waals surface area contributed by atoms with Gasteiger partial charge in [-0.3, -0.25) is 0 Å². The number of hydrogen-bond donors (Lipinski definition) is 2. The standard InChI is InChI=1S/C15H33N3O/c16-8-3-1-4-9-17-11-7-12-18(14-13-17)10-5-2-6-15-19/h19H,1-16H2. The third kappa shape index (κ3) is 8.58. The van der Waals surface area contributed by atoms with Gasteiger partial charge < -0.3 is 20.6 Å². The maximum Gasteiger partial charge on any atom is 0.0431 e. The van der Waals surface area contributed by atoms with Gasteiger partial charge in [0.25, 0.3) is 0 Å². The third-order valence-corrected chi connectivity index (χ3v) is 3.99. The van der Waals surface area contributed by atoms with Crippen LogP contribution in [0.25, 0.3) is 0 Å². The Morgan fingerprint density at radius 3 is 1.84 bits per heavy atom. The Hall–Kier alpha value is -0.160. The first-order valence-electron chi connectivity index (χ1n) is 8.12. The molecule has 0 spiro atoms. The summed E-state index contributed by atoms with van der Waals surface area (Å²) < 4.78 is 0. The summed E-state index contributed by atoms with van der Waals surface area (Å²) in [5, 5.41) is 8.78. The second kappa shape index (κ2) is 11.6. The molecule has 0 unspecified atom stereocenters. The number of nitrogens with two attached hydrogens (primary N) is 1. The van der Waals surface area contributed by atoms with Gasteiger partial charge in [0.1, 0.15) is 0 Å². The number of aliphatic hydroxyl groups excluding tert-OH is 1. The summed E-state index contributed by atoms with van der Waals surface area (Å²) in [7, 11) is 0. The molecule has 114 valence electrons. The van der Waals surface area contributed by atoms with Gasteiger partial charge in [-0.15, -0.1) is 0 Å². The highest BCUT2D eigenvalue weighted by molar-refractivity contribution is 4.69. The van der Waals surface area contributed by atoms with E-state index in [9.17, 15) is 0 Å². The molecule has 4 heteroatoms. The van der Waals surface area contributed by atoms with Crippen molar-refractivity contribution >= 4 is 0 Å². The van der Waals surface area contributed by atoms with Crippen LogP contribution in [-0.4, -0.2) is 67.3 Å². The van der Waals surface area contributed by atoms with Gasteiger partial charge in [-0.1, -0.05) is 6.42 Å². The molecule has 0 atom stereocenters. The summed E-state index contributed by atoms with van der Waals surface area (Å²) in [4.78, 5) is 5.21. The molecule has 0 aromatic rings. The molecule has 1 fully saturated rings. The lowest BCUT2D eigenvalue weighted by atomic mass is 10.2. The van der Waals surface area contributed by atoms with Crippen molar-refractivity contribution in [1.29, 1.82) is 0 Å². The molecule has 1 heterocycles. The largest absolute Gasteiger partial charge is 0.396 e. The molecule has 0 aliphatic carbocycles. The van der Waals surface area contributed by atoms with E-state index < -0.39 is 0 Å². The van der Waals surface area contributed by atoms with Crippen molar-refractivity contribution in [3.05, 3.63) is 0 Å². The monoisotopic (exact) mass is 271 g/mol. The summed E-state index contributed by atoms with van der Waals surface area (Å²) >= 11 is 0. The Kier molecular flexibility index (Phi) is 10.4. The van der Waals surface area contributed by atoms with Gasteiger partial charge in [-0.25, -0.2) is 0 Å². The average molecular weight is 271 g/mol. The first kappa shape index (κ1) is 16.9. The Morgan fingerprint density at radius 1 is 0.737 bits per heavy atom. The lowest BCUT2D eigenvalue weighted by Gasteiger charge is -2.21. The van der Waals surface area contributed by atoms with E-state index in [-0.39, 0.29) is 0 Å². The molecular weight excluding hydrogens is 238 g/mol. The first-order valence-corrected chi connectivity index (χ1v) is 8.12. The molecule has 1 rings (SSSR count). The van der Waals surface area contributed by atoms with Gasteiger partial charge in [0.15, 0.2) is 0 Å². The summed E-state index contributed by atoms with van der Waals surface area (Å²) in [6.07, 6.45) is 8.40. The minimum absolute atomic E-state index is 0.344. The number of unbranched alkanes of at least 4 members (excludes halogenated alkanes) is 4. The van der Waals surface area contributed by atoms with Crippen molar-refractivity contribution in [2.75, 3.05) is 52.4 Å². The molecule has 0 aromatic carbocycles. The molecule has 1 saturated heterocycles. The topological polar surface area (TPSA) is 52.7 Å². The zero-order valence-corrected chi connectivity index (χ0v) is 12.5. The maximum atomic E-state index is 8.78. The van der Waals surface area contributed by atoms with Crippen LogP contribution < -0.4 is 5.73 Å². The fourth-order valence-corrected chi connectivity index (χ4v) is 2.75. The lowest BCUT2D eigenvalue weighted by Crippen LogP contribution is -2.32. The molecular formula is C15H33N3O. The fourth-order valence-electron chi connectivity index (χ4n) is 2.75. The van der Waals surface area contributed by atoms with Gasteiger partial charge in [-0.05, 0) is 71.2 Å². The summed E-state index contributed by atoms with van der Waals surface area (Å²) in [5.74, 6) is 0. The lowest BCUT2D eigenvalue weighted by molar-refractivity contribution is 0.243. The van der Waals surface area contributed by atoms with Gasteiger partial charge in [0.2, 0.25) is 0 Å². The van der Waals surface area contributed by atoms with Crippen molar-refractivity contribution in [2.45, 2.75) is 44.9 Å². The van der Waals surface area contributed by atoms with Crippen LogP contribution in [0.2, 0.25) is 0 Å². The minimum atomic E-state index is 0.344. The van der Waals surface area contributed by atoms with E-state index in [0.717, 1.165) is 19.4 Å². The van der Waals surface area contributed by atoms with Crippen molar-refractivity contribution in [1.82, 2.24) is 9.80 Å². The van der Waals surface area contributed by atoms with Crippen LogP contribution in [0.4, 0.5) is 0 Å². The second-order valence-electron chi connectivity index (χ2n) is 5.67. The van der Waals surface area contributed by atoms with Gasteiger partial charge in [-0.2, -0.15) is 0 Å². The molecule has 19 heavy (non-hydrogen) atoms. The minimum Gasteiger partial charge on any atom is -0.396 e. The predicted octanol–water partition coefficient (Wildman–Crippen LogP) is 1.29. The number of aliphatic hydroxyl groups is 1. The van der Waals surface area contributed by atoms with E-state index in [1.807, 2.05) is 0 Å². The molecule has 1 aliphatic rings. The molecule has 0 radical (unpaired) electrons. The summed E-state index contributed by atoms with van der Waals surface area (Å²) in [5.41, 5.74) is 5.52. The van der Waals surface area contributed by atoms with Crippen LogP contribution >= 0.6 is 0 Å². The third-order valence-electron chi connectivity index (χ3n) is 3.99. The maximum absolute atomic E-state index is 8.78. The first-order chi connectivity index (χ1) is 9.36. The van der Waals surface area contributed by atoms with Crippen molar-refractivity contribution in [3.63, 3.8) is 0 Å². The van der Waals surface area contributed by atoms with E-state index in [0.29, 0.717) is 6.61 Å². The molecule has 0 aromatic heterocycles. The van der Waals surface area contributed by atoms with E-state index in [1.54, 1.807) is 0 Å². The normalized spacial score (nSPS) is 18.6. The van der Waals surface area contributed by atoms with Crippen LogP contribution in [0, 0.1) is 0 Å². The van der Waals surface area contributed by atoms with Gasteiger partial charge >= 0.3 is 0 Å². The summed E-state index contributed by atoms with van der Waals surface area (Å²) in [6, 6.07) is 0. The van der Waals surface area contributed by atoms with E-state index in [1.165, 1.54) is 71.4 Å². The summed E-state index contributed by atoms with van der Waals surface area (Å²) in [6.45, 7) is 8.59. The smallest absolute Gasteiger partial charge is 0.0431 e. The predicted molar refractivity (Wildman–Crippen MR) is 81.3 cm³/mol. The Balaban J connectivity index is 2.06. The highest BCUT2D eigenvalue weighted by atomic mass is 16.2. The van der Waals surface area contributed by atoms with E-state index >= 15 is 0 Å². The fraction of sp³-hybridized carbons (Fsp3) is 1.00. The molecule has 1 aliphatic heterocycles. The SMILES string of the molecule is NCCCCCN1CCCN(CCCCCO)CC1. The molecule has 4 nitrogen and oxygen atoms in total. The second-order valence-corrected chi connectivity index (χ2v) is 5.67. The van der Waals surface area contributed by atoms with Crippen molar-refractivity contribution in [3.8, 4) is 0 Å². The van der Waals surface area contributed by atoms with Crippen LogP contribution in [0.3, 0.4) is 0 Å². The van der Waals surface area contributed by atoms with E-state index in [4.69, 9.17) is 10.8 Å². The van der Waals surface area contributed by atoms with Crippen molar-refractivity contribution < 1.29 is 5.11 Å². The van der Waals surface area contributed by atoms with E-state index in [2.05, 4.69) is 9.80 Å². The number of hydrogen-bond acceptors (Lipinski definition) is 4. The van der Waals surface area contributed by atoms with Gasteiger partial charge in [0.05, 0.1) is 0 Å². The Morgan fingerprint density at radius 2 is 1.32 bits per heavy atom. The van der Waals surface area contributed by atoms with Crippen LogP contribution in [-0.2, 0) is 0 Å². The Bertz CT molecular complexity index is 182. The van der Waals surface area contributed by atoms with Crippen molar-refractivity contribution in [2.24, 2.45) is 5.73 Å².